The number of hydrogen-bond donors (Lipinski definition) is 3. The summed E-state index contributed by atoms with van der Waals surface area (Å²) >= 11 is 0. The highest BCUT2D eigenvalue weighted by molar-refractivity contribution is 5.90. The zero-order chi connectivity index (χ0) is 21.0. The number of rotatable bonds is 4. The Balaban J connectivity index is 0.000000384. The Morgan fingerprint density at radius 2 is 1.15 bits per heavy atom. The first-order chi connectivity index (χ1) is 12.5. The van der Waals surface area contributed by atoms with Gasteiger partial charge in [-0.15, -0.1) is 0 Å². The predicted octanol–water partition coefficient (Wildman–Crippen LogP) is 0.602. The summed E-state index contributed by atoms with van der Waals surface area (Å²) in [6, 6.07) is 11.1. The molecule has 8 heteroatoms. The monoisotopic (exact) mass is 378 g/mol. The van der Waals surface area contributed by atoms with E-state index in [4.69, 9.17) is 15.3 Å². The van der Waals surface area contributed by atoms with Crippen LogP contribution >= 0.6 is 0 Å². The van der Waals surface area contributed by atoms with Gasteiger partial charge >= 0.3 is 11.9 Å². The van der Waals surface area contributed by atoms with E-state index in [1.807, 2.05) is 0 Å². The Hall–Kier alpha value is -3.10. The molecule has 0 heterocycles. The van der Waals surface area contributed by atoms with E-state index in [2.05, 4.69) is 21.1 Å². The van der Waals surface area contributed by atoms with E-state index in [0.717, 1.165) is 11.0 Å². The molecule has 0 fully saturated rings. The highest BCUT2D eigenvalue weighted by Gasteiger charge is 2.02. The van der Waals surface area contributed by atoms with Crippen molar-refractivity contribution >= 4 is 11.9 Å². The summed E-state index contributed by atoms with van der Waals surface area (Å²) in [5.74, 6) is -3.25. The SMILES string of the molecule is C[N+](C)(C)CCO.O=C(O)c1ccccc1[O-].O=C(O)c1ccccc1[O-]. The van der Waals surface area contributed by atoms with Crippen molar-refractivity contribution in [3.63, 3.8) is 0 Å². The second kappa shape index (κ2) is 11.5. The van der Waals surface area contributed by atoms with Gasteiger partial charge in [0.25, 0.3) is 0 Å². The predicted molar refractivity (Wildman–Crippen MR) is 95.7 cm³/mol. The van der Waals surface area contributed by atoms with Gasteiger partial charge in [-0.1, -0.05) is 47.9 Å². The highest BCUT2D eigenvalue weighted by atomic mass is 16.4. The molecule has 0 radical (unpaired) electrons. The number of aromatic carboxylic acids is 2. The van der Waals surface area contributed by atoms with Crippen LogP contribution in [0.1, 0.15) is 20.7 Å². The Labute approximate surface area is 157 Å². The second-order valence-corrected chi connectivity index (χ2v) is 6.34. The molecule has 0 saturated carbocycles. The Kier molecular flexibility index (Phi) is 10.2. The van der Waals surface area contributed by atoms with E-state index >= 15 is 0 Å². The lowest BCUT2D eigenvalue weighted by Crippen LogP contribution is -2.36. The van der Waals surface area contributed by atoms with Crippen molar-refractivity contribution in [2.75, 3.05) is 34.3 Å². The van der Waals surface area contributed by atoms with Gasteiger partial charge in [-0.2, -0.15) is 0 Å². The fraction of sp³-hybridized carbons (Fsp3) is 0.263. The molecule has 0 bridgehead atoms. The number of hydrogen-bond acceptors (Lipinski definition) is 5. The maximum atomic E-state index is 10.7. The van der Waals surface area contributed by atoms with Gasteiger partial charge in [0.1, 0.15) is 6.54 Å². The molecular weight excluding hydrogens is 354 g/mol. The fourth-order valence-electron chi connectivity index (χ4n) is 1.59. The zero-order valence-electron chi connectivity index (χ0n) is 15.5. The maximum absolute atomic E-state index is 10.7. The average Bonchev–Trinajstić information content (AvgIpc) is 2.55. The molecule has 0 spiro atoms. The van der Waals surface area contributed by atoms with Crippen LogP contribution in [0.15, 0.2) is 48.5 Å². The molecule has 0 aliphatic carbocycles. The number of benzene rings is 2. The number of quaternary nitrogens is 1. The Morgan fingerprint density at radius 3 is 1.30 bits per heavy atom. The minimum atomic E-state index is -1.18. The van der Waals surface area contributed by atoms with E-state index < -0.39 is 23.4 Å². The average molecular weight is 378 g/mol. The molecular formula is C19H24NO7-. The molecule has 0 atom stereocenters. The van der Waals surface area contributed by atoms with Crippen LogP contribution in [0.4, 0.5) is 0 Å². The molecule has 0 unspecified atom stereocenters. The minimum absolute atomic E-state index is 0.178. The van der Waals surface area contributed by atoms with Crippen LogP contribution in [0.25, 0.3) is 0 Å². The third-order valence-electron chi connectivity index (χ3n) is 3.01. The first-order valence-corrected chi connectivity index (χ1v) is 7.89. The van der Waals surface area contributed by atoms with Crippen molar-refractivity contribution in [1.29, 1.82) is 0 Å². The van der Waals surface area contributed by atoms with Gasteiger partial charge in [-0.05, 0) is 12.1 Å². The summed E-state index contributed by atoms with van der Waals surface area (Å²) in [5.41, 5.74) is -0.356. The van der Waals surface area contributed by atoms with Crippen molar-refractivity contribution in [2.24, 2.45) is 0 Å². The lowest BCUT2D eigenvalue weighted by molar-refractivity contribution is -0.870. The van der Waals surface area contributed by atoms with Crippen LogP contribution in [0.3, 0.4) is 0 Å². The molecule has 2 aromatic rings. The summed E-state index contributed by atoms with van der Waals surface area (Å²) in [4.78, 5) is 20.4. The van der Waals surface area contributed by atoms with Gasteiger partial charge < -0.3 is 30.0 Å². The molecule has 8 nitrogen and oxygen atoms in total. The zero-order valence-corrected chi connectivity index (χ0v) is 15.5. The van der Waals surface area contributed by atoms with Crippen molar-refractivity contribution in [1.82, 2.24) is 0 Å². The molecule has 0 amide bonds. The number of carbonyl (C=O) groups is 2. The molecule has 2 aromatic carbocycles. The van der Waals surface area contributed by atoms with Crippen molar-refractivity contribution in [2.45, 2.75) is 0 Å². The number of nitrogens with zero attached hydrogens (tertiary/aromatic N) is 1. The molecule has 2 rings (SSSR count). The van der Waals surface area contributed by atoms with E-state index in [1.165, 1.54) is 48.5 Å². The second-order valence-electron chi connectivity index (χ2n) is 6.34. The van der Waals surface area contributed by atoms with Gasteiger partial charge in [0.15, 0.2) is 0 Å². The highest BCUT2D eigenvalue weighted by Crippen LogP contribution is 2.11. The lowest BCUT2D eigenvalue weighted by Gasteiger charge is -2.21. The normalized spacial score (nSPS) is 9.93. The topological polar surface area (TPSA) is 141 Å². The number of likely N-dealkylation sites (N-methyl/N-ethyl adjacent to an activating group) is 1. The van der Waals surface area contributed by atoms with E-state index in [1.54, 1.807) is 0 Å². The van der Waals surface area contributed by atoms with Crippen molar-refractivity contribution in [3.05, 3.63) is 59.7 Å². The molecule has 27 heavy (non-hydrogen) atoms. The first-order valence-electron chi connectivity index (χ1n) is 7.89. The fourth-order valence-corrected chi connectivity index (χ4v) is 1.59. The number of carboxylic acid groups (broad SMARTS) is 2. The standard InChI is InChI=1S/2C7H6O3.C5H14NO/c2*8-6-4-2-1-3-5(6)7(9)10;1-6(2,3)4-5-7/h2*1-4,8H,(H,9,10);7H,4-5H2,1-3H3/q;;+1/p-2. The van der Waals surface area contributed by atoms with Gasteiger partial charge in [0.05, 0.1) is 38.9 Å². The van der Waals surface area contributed by atoms with Gasteiger partial charge in [-0.25, -0.2) is 9.59 Å². The molecule has 0 aliphatic heterocycles. The van der Waals surface area contributed by atoms with E-state index in [-0.39, 0.29) is 17.7 Å². The van der Waals surface area contributed by atoms with Crippen LogP contribution in [0.5, 0.6) is 11.5 Å². The lowest BCUT2D eigenvalue weighted by atomic mass is 10.2. The molecule has 0 aromatic heterocycles. The maximum Gasteiger partial charge on any atom is 0.335 e. The van der Waals surface area contributed by atoms with Gasteiger partial charge in [-0.3, -0.25) is 0 Å². The van der Waals surface area contributed by atoms with Crippen LogP contribution in [0, 0.1) is 0 Å². The largest absolute Gasteiger partial charge is 0.872 e. The summed E-state index contributed by atoms with van der Waals surface area (Å²) in [6.07, 6.45) is 0. The van der Waals surface area contributed by atoms with Crippen LogP contribution < -0.4 is 10.2 Å². The van der Waals surface area contributed by atoms with Crippen molar-refractivity contribution in [3.8, 4) is 11.5 Å². The molecule has 3 N–H and O–H groups in total. The molecule has 0 aliphatic rings. The summed E-state index contributed by atoms with van der Waals surface area (Å²) in [6.45, 7) is 1.11. The number of carboxylic acids is 2. The molecule has 148 valence electrons. The van der Waals surface area contributed by atoms with Crippen LogP contribution in [0.2, 0.25) is 0 Å². The van der Waals surface area contributed by atoms with Crippen molar-refractivity contribution < 1.29 is 39.6 Å². The van der Waals surface area contributed by atoms with E-state index in [9.17, 15) is 19.8 Å². The summed E-state index contributed by atoms with van der Waals surface area (Å²) < 4.78 is 0.844. The quantitative estimate of drug-likeness (QED) is 0.662. The van der Waals surface area contributed by atoms with Crippen LogP contribution in [-0.4, -0.2) is 66.0 Å². The Bertz CT molecular complexity index is 683. The van der Waals surface area contributed by atoms with Gasteiger partial charge in [0.2, 0.25) is 0 Å². The number of aliphatic hydroxyl groups is 1. The number of para-hydroxylation sites is 2. The smallest absolute Gasteiger partial charge is 0.335 e. The van der Waals surface area contributed by atoms with Gasteiger partial charge in [0, 0.05) is 0 Å². The van der Waals surface area contributed by atoms with E-state index in [0.29, 0.717) is 0 Å². The third-order valence-corrected chi connectivity index (χ3v) is 3.01. The molecule has 0 saturated heterocycles. The summed E-state index contributed by atoms with van der Waals surface area (Å²) in [7, 11) is 6.16. The number of aliphatic hydroxyl groups excluding tert-OH is 1. The summed E-state index contributed by atoms with van der Waals surface area (Å²) in [5, 5.41) is 46.5. The third kappa shape index (κ3) is 10.5. The first kappa shape index (κ1) is 23.9. The van der Waals surface area contributed by atoms with Crippen LogP contribution in [-0.2, 0) is 0 Å². The Morgan fingerprint density at radius 1 is 0.815 bits per heavy atom. The minimum Gasteiger partial charge on any atom is -0.872 e.